The second kappa shape index (κ2) is 7.40. The van der Waals surface area contributed by atoms with Gasteiger partial charge >= 0.3 is 0 Å². The molecular formula is C17H25N3O2. The predicted octanol–water partition coefficient (Wildman–Crippen LogP) is 2.80. The lowest BCUT2D eigenvalue weighted by molar-refractivity contribution is -0.117. The molecule has 5 nitrogen and oxygen atoms in total. The molecule has 0 radical (unpaired) electrons. The molecule has 0 heterocycles. The molecule has 0 unspecified atom stereocenters. The highest BCUT2D eigenvalue weighted by molar-refractivity contribution is 5.94. The van der Waals surface area contributed by atoms with Gasteiger partial charge in [-0.3, -0.25) is 9.59 Å². The zero-order valence-electron chi connectivity index (χ0n) is 13.3. The molecular weight excluding hydrogens is 278 g/mol. The Morgan fingerprint density at radius 1 is 1.23 bits per heavy atom. The van der Waals surface area contributed by atoms with Gasteiger partial charge in [-0.2, -0.15) is 0 Å². The molecule has 0 aromatic heterocycles. The van der Waals surface area contributed by atoms with Crippen molar-refractivity contribution in [2.75, 3.05) is 10.6 Å². The van der Waals surface area contributed by atoms with Crippen molar-refractivity contribution in [3.8, 4) is 0 Å². The van der Waals surface area contributed by atoms with Crippen molar-refractivity contribution in [2.24, 2.45) is 11.7 Å². The number of hydrogen-bond donors (Lipinski definition) is 3. The van der Waals surface area contributed by atoms with E-state index in [1.54, 1.807) is 13.0 Å². The number of nitrogens with one attached hydrogen (secondary N) is 2. The summed E-state index contributed by atoms with van der Waals surface area (Å²) in [7, 11) is 0. The highest BCUT2D eigenvalue weighted by Gasteiger charge is 2.26. The van der Waals surface area contributed by atoms with Crippen LogP contribution in [0.5, 0.6) is 0 Å². The second-order valence-electron chi connectivity index (χ2n) is 6.04. The molecule has 1 aromatic rings. The molecule has 2 atom stereocenters. The Hall–Kier alpha value is -1.88. The molecule has 1 aromatic carbocycles. The Balaban J connectivity index is 2.00. The number of anilines is 2. The van der Waals surface area contributed by atoms with Crippen molar-refractivity contribution in [1.29, 1.82) is 0 Å². The Morgan fingerprint density at radius 3 is 2.64 bits per heavy atom. The van der Waals surface area contributed by atoms with Crippen molar-refractivity contribution >= 4 is 23.2 Å². The van der Waals surface area contributed by atoms with E-state index in [-0.39, 0.29) is 23.8 Å². The number of hydrogen-bond acceptors (Lipinski definition) is 3. The van der Waals surface area contributed by atoms with E-state index in [0.29, 0.717) is 18.5 Å². The maximum atomic E-state index is 12.2. The molecule has 22 heavy (non-hydrogen) atoms. The van der Waals surface area contributed by atoms with Crippen LogP contribution >= 0.6 is 0 Å². The maximum absolute atomic E-state index is 12.2. The van der Waals surface area contributed by atoms with E-state index in [2.05, 4.69) is 10.6 Å². The number of carbonyl (C=O) groups is 2. The molecule has 5 heteroatoms. The van der Waals surface area contributed by atoms with Crippen LogP contribution in [0.4, 0.5) is 11.4 Å². The van der Waals surface area contributed by atoms with E-state index < -0.39 is 0 Å². The fourth-order valence-electron chi connectivity index (χ4n) is 2.84. The highest BCUT2D eigenvalue weighted by Crippen LogP contribution is 2.28. The van der Waals surface area contributed by atoms with Crippen LogP contribution in [-0.4, -0.2) is 17.9 Å². The van der Waals surface area contributed by atoms with Crippen LogP contribution in [0.1, 0.15) is 44.6 Å². The summed E-state index contributed by atoms with van der Waals surface area (Å²) < 4.78 is 0. The van der Waals surface area contributed by atoms with Crippen LogP contribution in [0.3, 0.4) is 0 Å². The van der Waals surface area contributed by atoms with Crippen molar-refractivity contribution in [3.63, 3.8) is 0 Å². The third-order valence-corrected chi connectivity index (χ3v) is 4.28. The standard InChI is InChI=1S/C17H25N3O2/c1-3-16(21)19-13-8-7-11(2)15(10-13)20-17(22)9-12-5-4-6-14(12)18/h7-8,10,12,14H,3-6,9,18H2,1-2H3,(H,19,21)(H,20,22)/t12-,14+/m0/s1. The molecule has 2 amide bonds. The third kappa shape index (κ3) is 4.31. The molecule has 0 bridgehead atoms. The predicted molar refractivity (Wildman–Crippen MR) is 88.7 cm³/mol. The molecule has 0 aliphatic heterocycles. The number of rotatable bonds is 5. The third-order valence-electron chi connectivity index (χ3n) is 4.28. The van der Waals surface area contributed by atoms with Gasteiger partial charge in [-0.15, -0.1) is 0 Å². The maximum Gasteiger partial charge on any atom is 0.224 e. The molecule has 0 spiro atoms. The molecule has 1 saturated carbocycles. The first-order chi connectivity index (χ1) is 10.5. The first-order valence-corrected chi connectivity index (χ1v) is 7.95. The molecule has 1 aliphatic carbocycles. The van der Waals surface area contributed by atoms with Crippen LogP contribution < -0.4 is 16.4 Å². The highest BCUT2D eigenvalue weighted by atomic mass is 16.2. The fourth-order valence-corrected chi connectivity index (χ4v) is 2.84. The van der Waals surface area contributed by atoms with Crippen LogP contribution in [0.25, 0.3) is 0 Å². The summed E-state index contributed by atoms with van der Waals surface area (Å²) in [5.41, 5.74) is 8.43. The SMILES string of the molecule is CCC(=O)Nc1ccc(C)c(NC(=O)C[C@@H]2CCC[C@H]2N)c1. The topological polar surface area (TPSA) is 84.2 Å². The van der Waals surface area contributed by atoms with Crippen molar-refractivity contribution in [2.45, 2.75) is 52.0 Å². The summed E-state index contributed by atoms with van der Waals surface area (Å²) in [6, 6.07) is 5.67. The van der Waals surface area contributed by atoms with E-state index in [9.17, 15) is 9.59 Å². The van der Waals surface area contributed by atoms with Crippen molar-refractivity contribution in [1.82, 2.24) is 0 Å². The van der Waals surface area contributed by atoms with E-state index >= 15 is 0 Å². The van der Waals surface area contributed by atoms with Gasteiger partial charge in [-0.05, 0) is 43.4 Å². The summed E-state index contributed by atoms with van der Waals surface area (Å²) >= 11 is 0. The van der Waals surface area contributed by atoms with Gasteiger partial charge in [0, 0.05) is 30.3 Å². The lowest BCUT2D eigenvalue weighted by Gasteiger charge is -2.16. The van der Waals surface area contributed by atoms with Crippen LogP contribution in [0.15, 0.2) is 18.2 Å². The molecule has 2 rings (SSSR count). The molecule has 4 N–H and O–H groups in total. The van der Waals surface area contributed by atoms with Crippen LogP contribution in [0, 0.1) is 12.8 Å². The summed E-state index contributed by atoms with van der Waals surface area (Å²) in [5.74, 6) is 0.228. The van der Waals surface area contributed by atoms with Crippen molar-refractivity contribution < 1.29 is 9.59 Å². The molecule has 120 valence electrons. The minimum atomic E-state index is -0.0435. The van der Waals surface area contributed by atoms with Gasteiger partial charge in [0.1, 0.15) is 0 Å². The van der Waals surface area contributed by atoms with E-state index in [0.717, 1.165) is 30.5 Å². The van der Waals surface area contributed by atoms with E-state index in [4.69, 9.17) is 5.73 Å². The Morgan fingerprint density at radius 2 is 2.00 bits per heavy atom. The van der Waals surface area contributed by atoms with Gasteiger partial charge in [-0.1, -0.05) is 19.4 Å². The Kier molecular flexibility index (Phi) is 5.55. The van der Waals surface area contributed by atoms with Gasteiger partial charge in [0.2, 0.25) is 11.8 Å². The second-order valence-corrected chi connectivity index (χ2v) is 6.04. The Bertz CT molecular complexity index is 557. The van der Waals surface area contributed by atoms with E-state index in [1.165, 1.54) is 0 Å². The van der Waals surface area contributed by atoms with Crippen LogP contribution in [-0.2, 0) is 9.59 Å². The number of carbonyl (C=O) groups excluding carboxylic acids is 2. The monoisotopic (exact) mass is 303 g/mol. The summed E-state index contributed by atoms with van der Waals surface area (Å²) in [4.78, 5) is 23.7. The number of nitrogens with two attached hydrogens (primary N) is 1. The van der Waals surface area contributed by atoms with Gasteiger partial charge in [0.05, 0.1) is 0 Å². The van der Waals surface area contributed by atoms with E-state index in [1.807, 2.05) is 19.1 Å². The summed E-state index contributed by atoms with van der Waals surface area (Å²) in [6.45, 7) is 3.74. The largest absolute Gasteiger partial charge is 0.327 e. The number of aryl methyl sites for hydroxylation is 1. The van der Waals surface area contributed by atoms with Crippen molar-refractivity contribution in [3.05, 3.63) is 23.8 Å². The number of benzene rings is 1. The Labute approximate surface area is 131 Å². The minimum Gasteiger partial charge on any atom is -0.327 e. The van der Waals surface area contributed by atoms with Gasteiger partial charge < -0.3 is 16.4 Å². The zero-order valence-corrected chi connectivity index (χ0v) is 13.3. The fraction of sp³-hybridized carbons (Fsp3) is 0.529. The average Bonchev–Trinajstić information content (AvgIpc) is 2.87. The van der Waals surface area contributed by atoms with Gasteiger partial charge in [0.15, 0.2) is 0 Å². The molecule has 1 fully saturated rings. The smallest absolute Gasteiger partial charge is 0.224 e. The van der Waals surface area contributed by atoms with Crippen LogP contribution in [0.2, 0.25) is 0 Å². The quantitative estimate of drug-likeness (QED) is 0.782. The van der Waals surface area contributed by atoms with Gasteiger partial charge in [0.25, 0.3) is 0 Å². The lowest BCUT2D eigenvalue weighted by Crippen LogP contribution is -2.28. The number of amides is 2. The van der Waals surface area contributed by atoms with Gasteiger partial charge in [-0.25, -0.2) is 0 Å². The zero-order chi connectivity index (χ0) is 16.1. The normalized spacial score (nSPS) is 20.7. The summed E-state index contributed by atoms with van der Waals surface area (Å²) in [6.07, 6.45) is 4.04. The molecule has 1 aliphatic rings. The average molecular weight is 303 g/mol. The first-order valence-electron chi connectivity index (χ1n) is 7.95. The first kappa shape index (κ1) is 16.5. The molecule has 0 saturated heterocycles. The lowest BCUT2D eigenvalue weighted by atomic mass is 10.00. The summed E-state index contributed by atoms with van der Waals surface area (Å²) in [5, 5.41) is 5.75. The minimum absolute atomic E-state index is 0.00980.